The molecule has 0 aliphatic rings. The minimum Gasteiger partial charge on any atom is -0.508 e. The summed E-state index contributed by atoms with van der Waals surface area (Å²) < 4.78 is 13.7. The first-order valence-corrected chi connectivity index (χ1v) is 12.8. The Hall–Kier alpha value is -3.66. The standard InChI is InChI=1S/C29H41FN4O5/c1-16(2)25(34(7)27(38)21(31)14-18-9-11-24(36)20(30)13-18)28(39)33(6)22(26(32)37)15-17-8-10-23(35)19(12-17)29(3,4)5/h8-13,16,21-22,25,35-36H,14-15,31H2,1-7H3,(H2,32,37)/t21-,22-,25-/m0/s1. The molecule has 0 saturated carbocycles. The average Bonchev–Trinajstić information content (AvgIpc) is 2.83. The van der Waals surface area contributed by atoms with Crippen molar-refractivity contribution in [1.29, 1.82) is 0 Å². The number of likely N-dealkylation sites (N-methyl/N-ethyl adjacent to an activating group) is 2. The molecular weight excluding hydrogens is 503 g/mol. The van der Waals surface area contributed by atoms with Crippen LogP contribution in [0, 0.1) is 11.7 Å². The number of hydrogen-bond donors (Lipinski definition) is 4. The van der Waals surface area contributed by atoms with Gasteiger partial charge in [-0.2, -0.15) is 0 Å². The number of carbonyl (C=O) groups excluding carboxylic acids is 3. The lowest BCUT2D eigenvalue weighted by molar-refractivity contribution is -0.149. The van der Waals surface area contributed by atoms with Crippen LogP contribution < -0.4 is 11.5 Å². The van der Waals surface area contributed by atoms with Gasteiger partial charge in [-0.1, -0.05) is 52.8 Å². The lowest BCUT2D eigenvalue weighted by atomic mass is 9.84. The molecule has 0 bridgehead atoms. The molecule has 3 amide bonds. The van der Waals surface area contributed by atoms with Gasteiger partial charge >= 0.3 is 0 Å². The summed E-state index contributed by atoms with van der Waals surface area (Å²) in [6.07, 6.45) is 0.116. The zero-order valence-corrected chi connectivity index (χ0v) is 23.7. The highest BCUT2D eigenvalue weighted by Crippen LogP contribution is 2.32. The number of rotatable bonds is 10. The summed E-state index contributed by atoms with van der Waals surface area (Å²) in [5.41, 5.74) is 13.3. The fourth-order valence-electron chi connectivity index (χ4n) is 4.64. The van der Waals surface area contributed by atoms with Gasteiger partial charge in [0.25, 0.3) is 0 Å². The van der Waals surface area contributed by atoms with Gasteiger partial charge in [0.15, 0.2) is 11.6 Å². The third-order valence-corrected chi connectivity index (χ3v) is 6.88. The van der Waals surface area contributed by atoms with E-state index < -0.39 is 47.4 Å². The molecule has 3 atom stereocenters. The molecule has 10 heteroatoms. The maximum Gasteiger partial charge on any atom is 0.246 e. The zero-order valence-electron chi connectivity index (χ0n) is 23.7. The molecule has 0 aliphatic carbocycles. The van der Waals surface area contributed by atoms with Crippen LogP contribution >= 0.6 is 0 Å². The molecule has 0 spiro atoms. The van der Waals surface area contributed by atoms with Crippen molar-refractivity contribution in [3.05, 3.63) is 58.9 Å². The first-order chi connectivity index (χ1) is 17.9. The van der Waals surface area contributed by atoms with Crippen molar-refractivity contribution in [3.63, 3.8) is 0 Å². The number of phenolic OH excluding ortho intramolecular Hbond substituents is 2. The van der Waals surface area contributed by atoms with Crippen LogP contribution in [-0.2, 0) is 32.6 Å². The quantitative estimate of drug-likeness (QED) is 0.361. The summed E-state index contributed by atoms with van der Waals surface area (Å²) in [4.78, 5) is 41.9. The molecule has 214 valence electrons. The summed E-state index contributed by atoms with van der Waals surface area (Å²) in [6, 6.07) is 5.76. The van der Waals surface area contributed by atoms with Gasteiger partial charge in [0.1, 0.15) is 17.8 Å². The summed E-state index contributed by atoms with van der Waals surface area (Å²) in [5.74, 6) is -3.25. The van der Waals surface area contributed by atoms with Gasteiger partial charge in [-0.15, -0.1) is 0 Å². The van der Waals surface area contributed by atoms with E-state index >= 15 is 0 Å². The van der Waals surface area contributed by atoms with Gasteiger partial charge in [0.05, 0.1) is 6.04 Å². The van der Waals surface area contributed by atoms with Gasteiger partial charge in [-0.3, -0.25) is 14.4 Å². The Labute approximate surface area is 229 Å². The predicted octanol–water partition coefficient (Wildman–Crippen LogP) is 2.44. The summed E-state index contributed by atoms with van der Waals surface area (Å²) in [7, 11) is 2.93. The molecule has 0 saturated heterocycles. The van der Waals surface area contributed by atoms with Crippen LogP contribution in [0.1, 0.15) is 51.3 Å². The topological polar surface area (TPSA) is 150 Å². The largest absolute Gasteiger partial charge is 0.508 e. The number of hydrogen-bond acceptors (Lipinski definition) is 6. The molecule has 0 unspecified atom stereocenters. The third-order valence-electron chi connectivity index (χ3n) is 6.88. The molecule has 6 N–H and O–H groups in total. The Bertz CT molecular complexity index is 1210. The minimum absolute atomic E-state index is 0.00388. The van der Waals surface area contributed by atoms with E-state index in [1.54, 1.807) is 32.0 Å². The monoisotopic (exact) mass is 544 g/mol. The zero-order chi connectivity index (χ0) is 29.8. The molecule has 0 fully saturated rings. The SMILES string of the molecule is CC(C)[C@@H](C(=O)N(C)[C@@H](Cc1ccc(O)c(C(C)(C)C)c1)C(N)=O)N(C)C(=O)[C@@H](N)Cc1ccc(O)c(F)c1. The molecule has 0 heterocycles. The number of phenols is 2. The van der Waals surface area contributed by atoms with E-state index in [1.165, 1.54) is 36.0 Å². The third kappa shape index (κ3) is 7.69. The molecular formula is C29H41FN4O5. The molecule has 39 heavy (non-hydrogen) atoms. The minimum atomic E-state index is -1.07. The first-order valence-electron chi connectivity index (χ1n) is 12.8. The van der Waals surface area contributed by atoms with Gasteiger partial charge in [0, 0.05) is 20.5 Å². The van der Waals surface area contributed by atoms with Crippen LogP contribution in [0.15, 0.2) is 36.4 Å². The second kappa shape index (κ2) is 12.5. The Morgan fingerprint density at radius 2 is 1.44 bits per heavy atom. The fraction of sp³-hybridized carbons (Fsp3) is 0.483. The van der Waals surface area contributed by atoms with Crippen molar-refractivity contribution in [3.8, 4) is 11.5 Å². The molecule has 2 aromatic rings. The maximum absolute atomic E-state index is 13.7. The number of carbonyl (C=O) groups is 3. The molecule has 0 radical (unpaired) electrons. The summed E-state index contributed by atoms with van der Waals surface area (Å²) in [5, 5.41) is 19.7. The van der Waals surface area contributed by atoms with E-state index in [2.05, 4.69) is 0 Å². The van der Waals surface area contributed by atoms with Crippen molar-refractivity contribution < 1.29 is 29.0 Å². The highest BCUT2D eigenvalue weighted by atomic mass is 19.1. The number of amides is 3. The lowest BCUT2D eigenvalue weighted by Crippen LogP contribution is -2.58. The van der Waals surface area contributed by atoms with Gasteiger partial charge in [0.2, 0.25) is 17.7 Å². The van der Waals surface area contributed by atoms with Crippen molar-refractivity contribution in [2.45, 2.75) is 71.0 Å². The van der Waals surface area contributed by atoms with Crippen molar-refractivity contribution in [2.75, 3.05) is 14.1 Å². The Morgan fingerprint density at radius 1 is 0.897 bits per heavy atom. The maximum atomic E-state index is 13.7. The van der Waals surface area contributed by atoms with Crippen LogP contribution in [0.3, 0.4) is 0 Å². The smallest absolute Gasteiger partial charge is 0.246 e. The molecule has 0 aromatic heterocycles. The second-order valence-corrected chi connectivity index (χ2v) is 11.4. The van der Waals surface area contributed by atoms with E-state index in [-0.39, 0.29) is 29.9 Å². The van der Waals surface area contributed by atoms with E-state index in [1.807, 2.05) is 20.8 Å². The highest BCUT2D eigenvalue weighted by molar-refractivity contribution is 5.93. The lowest BCUT2D eigenvalue weighted by Gasteiger charge is -2.36. The van der Waals surface area contributed by atoms with Crippen LogP contribution in [0.4, 0.5) is 4.39 Å². The number of nitrogens with two attached hydrogens (primary N) is 2. The van der Waals surface area contributed by atoms with Crippen LogP contribution in [-0.4, -0.2) is 70.0 Å². The predicted molar refractivity (Wildman–Crippen MR) is 147 cm³/mol. The van der Waals surface area contributed by atoms with Crippen molar-refractivity contribution in [1.82, 2.24) is 9.80 Å². The second-order valence-electron chi connectivity index (χ2n) is 11.4. The number of nitrogens with zero attached hydrogens (tertiary/aromatic N) is 2. The summed E-state index contributed by atoms with van der Waals surface area (Å²) >= 11 is 0. The Balaban J connectivity index is 2.27. The Kier molecular flexibility index (Phi) is 10.1. The van der Waals surface area contributed by atoms with E-state index in [4.69, 9.17) is 11.5 Å². The van der Waals surface area contributed by atoms with Gasteiger partial charge in [-0.25, -0.2) is 4.39 Å². The number of aromatic hydroxyl groups is 2. The fourth-order valence-corrected chi connectivity index (χ4v) is 4.64. The molecule has 2 rings (SSSR count). The van der Waals surface area contributed by atoms with Gasteiger partial charge < -0.3 is 31.5 Å². The number of primary amides is 1. The Morgan fingerprint density at radius 3 is 1.92 bits per heavy atom. The molecule has 9 nitrogen and oxygen atoms in total. The van der Waals surface area contributed by atoms with Crippen LogP contribution in [0.5, 0.6) is 11.5 Å². The van der Waals surface area contributed by atoms with Crippen molar-refractivity contribution in [2.24, 2.45) is 17.4 Å². The van der Waals surface area contributed by atoms with E-state index in [0.717, 1.165) is 11.6 Å². The van der Waals surface area contributed by atoms with Crippen LogP contribution in [0.2, 0.25) is 0 Å². The number of benzene rings is 2. The van der Waals surface area contributed by atoms with Crippen molar-refractivity contribution >= 4 is 17.7 Å². The average molecular weight is 545 g/mol. The van der Waals surface area contributed by atoms with E-state index in [0.29, 0.717) is 11.1 Å². The number of halogens is 1. The first kappa shape index (κ1) is 31.6. The van der Waals surface area contributed by atoms with E-state index in [9.17, 15) is 29.0 Å². The molecule has 2 aromatic carbocycles. The molecule has 0 aliphatic heterocycles. The normalized spacial score (nSPS) is 14.0. The van der Waals surface area contributed by atoms with Crippen LogP contribution in [0.25, 0.3) is 0 Å². The summed E-state index contributed by atoms with van der Waals surface area (Å²) in [6.45, 7) is 9.41. The van der Waals surface area contributed by atoms with Gasteiger partial charge in [-0.05, 0) is 52.6 Å². The highest BCUT2D eigenvalue weighted by Gasteiger charge is 2.37.